The molecule has 0 aromatic heterocycles. The van der Waals surface area contributed by atoms with Gasteiger partial charge in [0.25, 0.3) is 0 Å². The highest BCUT2D eigenvalue weighted by Crippen LogP contribution is 2.40. The molecule has 116 valence electrons. The first-order valence-corrected chi connectivity index (χ1v) is 8.82. The summed E-state index contributed by atoms with van der Waals surface area (Å²) in [5, 5.41) is 0.0975. The Bertz CT molecular complexity index is 453. The number of rotatable bonds is 2. The third kappa shape index (κ3) is 3.85. The van der Waals surface area contributed by atoms with Crippen LogP contribution in [0.5, 0.6) is 11.5 Å². The molecule has 1 heterocycles. The van der Waals surface area contributed by atoms with Gasteiger partial charge in [-0.05, 0) is 36.5 Å². The van der Waals surface area contributed by atoms with Gasteiger partial charge in [-0.2, -0.15) is 0 Å². The number of fused-ring (bicyclic) bond motifs is 1. The van der Waals surface area contributed by atoms with Crippen LogP contribution in [0.2, 0.25) is 0 Å². The Labute approximate surface area is 132 Å². The summed E-state index contributed by atoms with van der Waals surface area (Å²) in [6, 6.07) is 6.23. The minimum absolute atomic E-state index is 0.0975. The fourth-order valence-electron chi connectivity index (χ4n) is 3.40. The van der Waals surface area contributed by atoms with Gasteiger partial charge in [0.2, 0.25) is 0 Å². The summed E-state index contributed by atoms with van der Waals surface area (Å²) in [7, 11) is 0. The van der Waals surface area contributed by atoms with Crippen LogP contribution in [0.3, 0.4) is 0 Å². The average molecular weight is 309 g/mol. The minimum atomic E-state index is 0.0975. The summed E-state index contributed by atoms with van der Waals surface area (Å²) in [6.07, 6.45) is 10.2. The SMILES string of the molecule is ClC(c1ccc2c(c1)OCCCO2)C1CCCCCCC1. The fourth-order valence-corrected chi connectivity index (χ4v) is 3.79. The number of ether oxygens (including phenoxy) is 2. The monoisotopic (exact) mass is 308 g/mol. The maximum Gasteiger partial charge on any atom is 0.161 e. The molecule has 1 unspecified atom stereocenters. The Kier molecular flexibility index (Phi) is 5.29. The second-order valence-electron chi connectivity index (χ2n) is 6.26. The Balaban J connectivity index is 1.74. The molecule has 1 aromatic rings. The second kappa shape index (κ2) is 7.40. The van der Waals surface area contributed by atoms with Gasteiger partial charge < -0.3 is 9.47 Å². The third-order valence-electron chi connectivity index (χ3n) is 4.65. The van der Waals surface area contributed by atoms with Gasteiger partial charge in [-0.1, -0.05) is 38.2 Å². The molecular weight excluding hydrogens is 284 g/mol. The molecule has 0 N–H and O–H groups in total. The maximum absolute atomic E-state index is 6.80. The van der Waals surface area contributed by atoms with Crippen LogP contribution in [0.1, 0.15) is 62.3 Å². The minimum Gasteiger partial charge on any atom is -0.490 e. The molecule has 1 saturated carbocycles. The highest BCUT2D eigenvalue weighted by Gasteiger charge is 2.23. The van der Waals surface area contributed by atoms with Crippen molar-refractivity contribution >= 4 is 11.6 Å². The summed E-state index contributed by atoms with van der Waals surface area (Å²) in [6.45, 7) is 1.46. The van der Waals surface area contributed by atoms with E-state index in [1.807, 2.05) is 6.07 Å². The normalized spacial score (nSPS) is 22.0. The van der Waals surface area contributed by atoms with Gasteiger partial charge in [0.15, 0.2) is 11.5 Å². The van der Waals surface area contributed by atoms with Crippen molar-refractivity contribution < 1.29 is 9.47 Å². The van der Waals surface area contributed by atoms with Crippen molar-refractivity contribution in [2.45, 2.75) is 56.7 Å². The smallest absolute Gasteiger partial charge is 0.161 e. The van der Waals surface area contributed by atoms with E-state index < -0.39 is 0 Å². The van der Waals surface area contributed by atoms with Crippen molar-refractivity contribution in [1.82, 2.24) is 0 Å². The summed E-state index contributed by atoms with van der Waals surface area (Å²) in [5.41, 5.74) is 1.19. The first kappa shape index (κ1) is 15.0. The zero-order valence-electron chi connectivity index (χ0n) is 12.7. The molecule has 3 rings (SSSR count). The molecule has 0 bridgehead atoms. The predicted molar refractivity (Wildman–Crippen MR) is 86.5 cm³/mol. The number of alkyl halides is 1. The number of halogens is 1. The van der Waals surface area contributed by atoms with E-state index in [-0.39, 0.29) is 5.38 Å². The molecule has 1 fully saturated rings. The lowest BCUT2D eigenvalue weighted by Gasteiger charge is -2.25. The van der Waals surface area contributed by atoms with Crippen LogP contribution >= 0.6 is 11.6 Å². The molecule has 0 amide bonds. The van der Waals surface area contributed by atoms with Gasteiger partial charge in [0.1, 0.15) is 0 Å². The molecule has 1 aliphatic carbocycles. The van der Waals surface area contributed by atoms with Crippen LogP contribution < -0.4 is 9.47 Å². The molecule has 3 heteroatoms. The zero-order chi connectivity index (χ0) is 14.5. The van der Waals surface area contributed by atoms with Crippen LogP contribution in [0, 0.1) is 5.92 Å². The Morgan fingerprint density at radius 1 is 0.857 bits per heavy atom. The number of benzene rings is 1. The second-order valence-corrected chi connectivity index (χ2v) is 6.73. The van der Waals surface area contributed by atoms with Crippen molar-refractivity contribution in [1.29, 1.82) is 0 Å². The summed E-state index contributed by atoms with van der Waals surface area (Å²) < 4.78 is 11.5. The van der Waals surface area contributed by atoms with Gasteiger partial charge in [-0.3, -0.25) is 0 Å². The van der Waals surface area contributed by atoms with Crippen molar-refractivity contribution in [3.8, 4) is 11.5 Å². The van der Waals surface area contributed by atoms with Gasteiger partial charge in [0.05, 0.1) is 18.6 Å². The van der Waals surface area contributed by atoms with Crippen LogP contribution in [-0.2, 0) is 0 Å². The van der Waals surface area contributed by atoms with Crippen LogP contribution in [-0.4, -0.2) is 13.2 Å². The molecule has 0 radical (unpaired) electrons. The van der Waals surface area contributed by atoms with E-state index in [0.717, 1.165) is 31.1 Å². The first-order chi connectivity index (χ1) is 10.3. The average Bonchev–Trinajstić information content (AvgIpc) is 2.70. The quantitative estimate of drug-likeness (QED) is 0.673. The Morgan fingerprint density at radius 3 is 2.29 bits per heavy atom. The van der Waals surface area contributed by atoms with Crippen molar-refractivity contribution in [3.63, 3.8) is 0 Å². The highest BCUT2D eigenvalue weighted by atomic mass is 35.5. The molecule has 2 nitrogen and oxygen atoms in total. The summed E-state index contributed by atoms with van der Waals surface area (Å²) in [5.74, 6) is 2.32. The Hall–Kier alpha value is -0.890. The van der Waals surface area contributed by atoms with Crippen LogP contribution in [0.4, 0.5) is 0 Å². The van der Waals surface area contributed by atoms with E-state index in [1.54, 1.807) is 0 Å². The molecule has 0 spiro atoms. The van der Waals surface area contributed by atoms with E-state index in [0.29, 0.717) is 5.92 Å². The largest absolute Gasteiger partial charge is 0.490 e. The standard InChI is InChI=1S/C18H25ClO2/c19-18(14-7-4-2-1-3-5-8-14)15-9-10-16-17(13-15)21-12-6-11-20-16/h9-10,13-14,18H,1-8,11-12H2. The molecule has 21 heavy (non-hydrogen) atoms. The van der Waals surface area contributed by atoms with Crippen molar-refractivity contribution in [3.05, 3.63) is 23.8 Å². The van der Waals surface area contributed by atoms with Gasteiger partial charge in [0, 0.05) is 6.42 Å². The highest BCUT2D eigenvalue weighted by molar-refractivity contribution is 6.21. The summed E-state index contributed by atoms with van der Waals surface area (Å²) in [4.78, 5) is 0. The van der Waals surface area contributed by atoms with Gasteiger partial charge >= 0.3 is 0 Å². The molecule has 2 aliphatic rings. The van der Waals surface area contributed by atoms with E-state index >= 15 is 0 Å². The molecule has 0 saturated heterocycles. The van der Waals surface area contributed by atoms with E-state index in [1.165, 1.54) is 50.5 Å². The third-order valence-corrected chi connectivity index (χ3v) is 5.26. The molecule has 1 aliphatic heterocycles. The number of hydrogen-bond donors (Lipinski definition) is 0. The lowest BCUT2D eigenvalue weighted by Crippen LogP contribution is -2.10. The van der Waals surface area contributed by atoms with E-state index in [4.69, 9.17) is 21.1 Å². The van der Waals surface area contributed by atoms with Crippen LogP contribution in [0.15, 0.2) is 18.2 Å². The lowest BCUT2D eigenvalue weighted by atomic mass is 9.86. The van der Waals surface area contributed by atoms with E-state index in [2.05, 4.69) is 12.1 Å². The Morgan fingerprint density at radius 2 is 1.52 bits per heavy atom. The van der Waals surface area contributed by atoms with Gasteiger partial charge in [-0.25, -0.2) is 0 Å². The lowest BCUT2D eigenvalue weighted by molar-refractivity contribution is 0.297. The molecular formula is C18H25ClO2. The molecule has 1 aromatic carbocycles. The molecule has 1 atom stereocenters. The van der Waals surface area contributed by atoms with E-state index in [9.17, 15) is 0 Å². The zero-order valence-corrected chi connectivity index (χ0v) is 13.4. The first-order valence-electron chi connectivity index (χ1n) is 8.38. The van der Waals surface area contributed by atoms with Crippen molar-refractivity contribution in [2.75, 3.05) is 13.2 Å². The van der Waals surface area contributed by atoms with Gasteiger partial charge in [-0.15, -0.1) is 11.6 Å². The topological polar surface area (TPSA) is 18.5 Å². The summed E-state index contributed by atoms with van der Waals surface area (Å²) >= 11 is 6.80. The van der Waals surface area contributed by atoms with Crippen LogP contribution in [0.25, 0.3) is 0 Å². The predicted octanol–water partition coefficient (Wildman–Crippen LogP) is 5.49. The fraction of sp³-hybridized carbons (Fsp3) is 0.667. The maximum atomic E-state index is 6.80. The van der Waals surface area contributed by atoms with Crippen molar-refractivity contribution in [2.24, 2.45) is 5.92 Å². The number of hydrogen-bond acceptors (Lipinski definition) is 2.